The lowest BCUT2D eigenvalue weighted by Crippen LogP contribution is -2.41. The standard InChI is InChI=1S/C18H20F3N5O2/c19-18(20,21)13-1-3-14(4-2-13)24-17-23-6-5-15(25-17)16(27)22-7-8-26-9-11-28-12-10-26/h1-6H,7-12H2,(H,22,27)(H,23,24,25). The van der Waals surface area contributed by atoms with E-state index in [2.05, 4.69) is 25.5 Å². The Bertz CT molecular complexity index is 793. The molecule has 150 valence electrons. The van der Waals surface area contributed by atoms with E-state index in [4.69, 9.17) is 4.74 Å². The second-order valence-corrected chi connectivity index (χ2v) is 6.18. The molecule has 1 aliphatic heterocycles. The highest BCUT2D eigenvalue weighted by atomic mass is 19.4. The number of halogens is 3. The molecule has 0 aliphatic carbocycles. The van der Waals surface area contributed by atoms with Crippen LogP contribution in [0.5, 0.6) is 0 Å². The summed E-state index contributed by atoms with van der Waals surface area (Å²) in [6.07, 6.45) is -2.98. The van der Waals surface area contributed by atoms with Crippen LogP contribution in [0.2, 0.25) is 0 Å². The van der Waals surface area contributed by atoms with Gasteiger partial charge in [-0.25, -0.2) is 9.97 Å². The van der Waals surface area contributed by atoms with E-state index in [1.807, 2.05) is 0 Å². The molecule has 0 unspecified atom stereocenters. The summed E-state index contributed by atoms with van der Waals surface area (Å²) in [5.41, 5.74) is -0.184. The third-order valence-electron chi connectivity index (χ3n) is 4.17. The Morgan fingerprint density at radius 1 is 1.14 bits per heavy atom. The number of morpholine rings is 1. The molecule has 0 saturated carbocycles. The first-order chi connectivity index (χ1) is 13.4. The fraction of sp³-hybridized carbons (Fsp3) is 0.389. The molecule has 2 aromatic rings. The number of hydrogen-bond acceptors (Lipinski definition) is 6. The molecule has 0 bridgehead atoms. The summed E-state index contributed by atoms with van der Waals surface area (Å²) in [6, 6.07) is 5.96. The Morgan fingerprint density at radius 2 is 1.86 bits per heavy atom. The smallest absolute Gasteiger partial charge is 0.379 e. The lowest BCUT2D eigenvalue weighted by atomic mass is 10.2. The van der Waals surface area contributed by atoms with Crippen molar-refractivity contribution in [3.8, 4) is 0 Å². The maximum absolute atomic E-state index is 12.6. The van der Waals surface area contributed by atoms with Gasteiger partial charge in [-0.3, -0.25) is 9.69 Å². The van der Waals surface area contributed by atoms with E-state index in [-0.39, 0.29) is 17.5 Å². The second kappa shape index (κ2) is 8.98. The molecule has 2 N–H and O–H groups in total. The molecule has 2 heterocycles. The molecular formula is C18H20F3N5O2. The molecule has 1 aliphatic rings. The van der Waals surface area contributed by atoms with Crippen LogP contribution in [0, 0.1) is 0 Å². The Morgan fingerprint density at radius 3 is 2.54 bits per heavy atom. The summed E-state index contributed by atoms with van der Waals surface area (Å²) >= 11 is 0. The van der Waals surface area contributed by atoms with Gasteiger partial charge in [-0.2, -0.15) is 13.2 Å². The third kappa shape index (κ3) is 5.64. The molecule has 0 spiro atoms. The predicted molar refractivity (Wildman–Crippen MR) is 96.4 cm³/mol. The number of benzene rings is 1. The Balaban J connectivity index is 1.54. The topological polar surface area (TPSA) is 79.4 Å². The Hall–Kier alpha value is -2.72. The molecule has 3 rings (SSSR count). The summed E-state index contributed by atoms with van der Waals surface area (Å²) in [7, 11) is 0. The van der Waals surface area contributed by atoms with Gasteiger partial charge in [-0.1, -0.05) is 0 Å². The predicted octanol–water partition coefficient (Wildman–Crippen LogP) is 2.30. The number of anilines is 2. The van der Waals surface area contributed by atoms with Crippen LogP contribution in [-0.2, 0) is 10.9 Å². The van der Waals surface area contributed by atoms with Crippen LogP contribution < -0.4 is 10.6 Å². The first-order valence-electron chi connectivity index (χ1n) is 8.77. The SMILES string of the molecule is O=C(NCCN1CCOCC1)c1ccnc(Nc2ccc(C(F)(F)F)cc2)n1. The zero-order valence-electron chi connectivity index (χ0n) is 15.0. The fourth-order valence-electron chi connectivity index (χ4n) is 2.66. The molecule has 1 saturated heterocycles. The Kier molecular flexibility index (Phi) is 6.42. The quantitative estimate of drug-likeness (QED) is 0.782. The number of hydrogen-bond donors (Lipinski definition) is 2. The van der Waals surface area contributed by atoms with Crippen LogP contribution in [0.1, 0.15) is 16.1 Å². The molecular weight excluding hydrogens is 375 g/mol. The van der Waals surface area contributed by atoms with Gasteiger partial charge >= 0.3 is 6.18 Å². The van der Waals surface area contributed by atoms with Gasteiger partial charge in [-0.05, 0) is 30.3 Å². The minimum Gasteiger partial charge on any atom is -0.379 e. The number of carbonyl (C=O) groups excluding carboxylic acids is 1. The van der Waals surface area contributed by atoms with Crippen LogP contribution in [-0.4, -0.2) is 60.2 Å². The molecule has 0 atom stereocenters. The van der Waals surface area contributed by atoms with Crippen molar-refractivity contribution in [1.29, 1.82) is 0 Å². The Labute approximate surface area is 159 Å². The lowest BCUT2D eigenvalue weighted by molar-refractivity contribution is -0.137. The largest absolute Gasteiger partial charge is 0.416 e. The van der Waals surface area contributed by atoms with Crippen molar-refractivity contribution < 1.29 is 22.7 Å². The molecule has 1 amide bonds. The summed E-state index contributed by atoms with van der Waals surface area (Å²) in [5, 5.41) is 5.59. The molecule has 28 heavy (non-hydrogen) atoms. The van der Waals surface area contributed by atoms with E-state index >= 15 is 0 Å². The van der Waals surface area contributed by atoms with Crippen LogP contribution in [0.4, 0.5) is 24.8 Å². The monoisotopic (exact) mass is 395 g/mol. The van der Waals surface area contributed by atoms with Gasteiger partial charge in [0.05, 0.1) is 18.8 Å². The lowest BCUT2D eigenvalue weighted by Gasteiger charge is -2.26. The van der Waals surface area contributed by atoms with Crippen molar-refractivity contribution in [3.05, 3.63) is 47.8 Å². The molecule has 1 aromatic carbocycles. The number of aromatic nitrogens is 2. The normalized spacial score (nSPS) is 15.2. The number of rotatable bonds is 6. The zero-order valence-corrected chi connectivity index (χ0v) is 15.0. The number of ether oxygens (including phenoxy) is 1. The van der Waals surface area contributed by atoms with Crippen molar-refractivity contribution in [3.63, 3.8) is 0 Å². The molecule has 0 radical (unpaired) electrons. The summed E-state index contributed by atoms with van der Waals surface area (Å²) in [5.74, 6) is -0.216. The van der Waals surface area contributed by atoms with E-state index in [1.165, 1.54) is 24.4 Å². The van der Waals surface area contributed by atoms with Crippen molar-refractivity contribution >= 4 is 17.5 Å². The molecule has 10 heteroatoms. The minimum absolute atomic E-state index is 0.126. The number of amides is 1. The minimum atomic E-state index is -4.39. The summed E-state index contributed by atoms with van der Waals surface area (Å²) < 4.78 is 43.1. The van der Waals surface area contributed by atoms with Gasteiger partial charge in [0.25, 0.3) is 5.91 Å². The van der Waals surface area contributed by atoms with Gasteiger partial charge < -0.3 is 15.4 Å². The maximum Gasteiger partial charge on any atom is 0.416 e. The number of carbonyl (C=O) groups is 1. The number of nitrogens with zero attached hydrogens (tertiary/aromatic N) is 3. The van der Waals surface area contributed by atoms with Gasteiger partial charge in [0, 0.05) is 38.1 Å². The van der Waals surface area contributed by atoms with E-state index in [9.17, 15) is 18.0 Å². The van der Waals surface area contributed by atoms with E-state index in [0.717, 1.165) is 31.8 Å². The van der Waals surface area contributed by atoms with Crippen LogP contribution in [0.3, 0.4) is 0 Å². The fourth-order valence-corrected chi connectivity index (χ4v) is 2.66. The zero-order chi connectivity index (χ0) is 20.0. The van der Waals surface area contributed by atoms with Crippen LogP contribution in [0.15, 0.2) is 36.5 Å². The maximum atomic E-state index is 12.6. The summed E-state index contributed by atoms with van der Waals surface area (Å²) in [6.45, 7) is 4.26. The highest BCUT2D eigenvalue weighted by Crippen LogP contribution is 2.30. The molecule has 7 nitrogen and oxygen atoms in total. The van der Waals surface area contributed by atoms with E-state index < -0.39 is 11.7 Å². The third-order valence-corrected chi connectivity index (χ3v) is 4.17. The molecule has 1 fully saturated rings. The van der Waals surface area contributed by atoms with Crippen molar-refractivity contribution in [2.45, 2.75) is 6.18 Å². The van der Waals surface area contributed by atoms with Gasteiger partial charge in [0.1, 0.15) is 5.69 Å². The molecule has 1 aromatic heterocycles. The average molecular weight is 395 g/mol. The number of nitrogens with one attached hydrogen (secondary N) is 2. The second-order valence-electron chi connectivity index (χ2n) is 6.18. The highest BCUT2D eigenvalue weighted by Gasteiger charge is 2.29. The van der Waals surface area contributed by atoms with Crippen molar-refractivity contribution in [2.75, 3.05) is 44.7 Å². The van der Waals surface area contributed by atoms with Crippen molar-refractivity contribution in [2.24, 2.45) is 0 Å². The van der Waals surface area contributed by atoms with Crippen molar-refractivity contribution in [1.82, 2.24) is 20.2 Å². The van der Waals surface area contributed by atoms with Gasteiger partial charge in [0.2, 0.25) is 5.95 Å². The van der Waals surface area contributed by atoms with Crippen LogP contribution >= 0.6 is 0 Å². The first-order valence-corrected chi connectivity index (χ1v) is 8.77. The van der Waals surface area contributed by atoms with Gasteiger partial charge in [0.15, 0.2) is 0 Å². The van der Waals surface area contributed by atoms with Crippen LogP contribution in [0.25, 0.3) is 0 Å². The van der Waals surface area contributed by atoms with E-state index in [0.29, 0.717) is 25.4 Å². The highest BCUT2D eigenvalue weighted by molar-refractivity contribution is 5.92. The average Bonchev–Trinajstić information content (AvgIpc) is 2.69. The van der Waals surface area contributed by atoms with E-state index in [1.54, 1.807) is 0 Å². The summed E-state index contributed by atoms with van der Waals surface area (Å²) in [4.78, 5) is 22.6. The first kappa shape index (κ1) is 20.0. The number of alkyl halides is 3. The van der Waals surface area contributed by atoms with Gasteiger partial charge in [-0.15, -0.1) is 0 Å².